The molecule has 0 spiro atoms. The molecule has 0 radical (unpaired) electrons. The fraction of sp³-hybridized carbons (Fsp3) is 0.778. The number of aromatic amines is 1. The second kappa shape index (κ2) is 3.96. The highest BCUT2D eigenvalue weighted by molar-refractivity contribution is 4.97. The molecule has 5 heteroatoms. The smallest absolute Gasteiger partial charge is 0.330 e. The summed E-state index contributed by atoms with van der Waals surface area (Å²) >= 11 is 0. The molecule has 0 saturated heterocycles. The van der Waals surface area contributed by atoms with E-state index in [0.29, 0.717) is 18.3 Å². The van der Waals surface area contributed by atoms with Gasteiger partial charge in [-0.1, -0.05) is 18.0 Å². The summed E-state index contributed by atoms with van der Waals surface area (Å²) in [5, 5.41) is 3.71. The van der Waals surface area contributed by atoms with Gasteiger partial charge in [-0.2, -0.15) is 0 Å². The lowest BCUT2D eigenvalue weighted by Gasteiger charge is -2.17. The van der Waals surface area contributed by atoms with Gasteiger partial charge in [0.15, 0.2) is 5.82 Å². The largest absolute Gasteiger partial charge is 0.438 e. The average Bonchev–Trinajstić information content (AvgIpc) is 2.79. The van der Waals surface area contributed by atoms with E-state index in [9.17, 15) is 4.79 Å². The molecule has 3 N–H and O–H groups in total. The van der Waals surface area contributed by atoms with Crippen molar-refractivity contribution in [3.63, 3.8) is 0 Å². The number of rotatable bonds is 3. The zero-order valence-corrected chi connectivity index (χ0v) is 8.03. The Bertz CT molecular complexity index is 338. The van der Waals surface area contributed by atoms with E-state index >= 15 is 0 Å². The predicted molar refractivity (Wildman–Crippen MR) is 50.9 cm³/mol. The molecule has 0 aromatic carbocycles. The number of hydrogen-bond acceptors (Lipinski definition) is 4. The van der Waals surface area contributed by atoms with Crippen LogP contribution in [0.1, 0.15) is 37.4 Å². The first kappa shape index (κ1) is 9.45. The molecule has 1 aliphatic rings. The van der Waals surface area contributed by atoms with Crippen LogP contribution in [0, 0.1) is 5.92 Å². The van der Waals surface area contributed by atoms with Crippen molar-refractivity contribution in [2.75, 3.05) is 6.54 Å². The molecule has 0 aliphatic heterocycles. The van der Waals surface area contributed by atoms with Crippen LogP contribution >= 0.6 is 0 Å². The normalized spacial score (nSPS) is 20.1. The summed E-state index contributed by atoms with van der Waals surface area (Å²) < 4.78 is 4.49. The highest BCUT2D eigenvalue weighted by Gasteiger charge is 2.27. The number of hydrogen-bond donors (Lipinski definition) is 2. The molecule has 5 nitrogen and oxygen atoms in total. The average molecular weight is 197 g/mol. The number of H-pyrrole nitrogens is 1. The minimum atomic E-state index is -0.489. The van der Waals surface area contributed by atoms with E-state index in [1.54, 1.807) is 0 Å². The Balaban J connectivity index is 2.16. The summed E-state index contributed by atoms with van der Waals surface area (Å²) in [6.07, 6.45) is 4.86. The minimum Gasteiger partial charge on any atom is -0.330 e. The van der Waals surface area contributed by atoms with E-state index in [0.717, 1.165) is 0 Å². The Morgan fingerprint density at radius 3 is 2.79 bits per heavy atom. The molecule has 14 heavy (non-hydrogen) atoms. The van der Waals surface area contributed by atoms with Crippen LogP contribution in [0.2, 0.25) is 0 Å². The Morgan fingerprint density at radius 2 is 2.29 bits per heavy atom. The first-order chi connectivity index (χ1) is 6.81. The van der Waals surface area contributed by atoms with Gasteiger partial charge in [-0.3, -0.25) is 9.51 Å². The molecule has 2 rings (SSSR count). The maximum atomic E-state index is 10.8. The van der Waals surface area contributed by atoms with E-state index in [2.05, 4.69) is 14.7 Å². The Labute approximate surface area is 81.7 Å². The number of nitrogens with one attached hydrogen (secondary N) is 1. The van der Waals surface area contributed by atoms with E-state index in [-0.39, 0.29) is 5.92 Å². The minimum absolute atomic E-state index is 0.156. The molecule has 78 valence electrons. The van der Waals surface area contributed by atoms with Crippen molar-refractivity contribution in [1.82, 2.24) is 10.1 Å². The maximum absolute atomic E-state index is 10.8. The van der Waals surface area contributed by atoms with Crippen molar-refractivity contribution in [1.29, 1.82) is 0 Å². The molecular weight excluding hydrogens is 182 g/mol. The van der Waals surface area contributed by atoms with Crippen molar-refractivity contribution in [2.24, 2.45) is 11.7 Å². The fourth-order valence-corrected chi connectivity index (χ4v) is 2.29. The van der Waals surface area contributed by atoms with E-state index < -0.39 is 5.76 Å². The monoisotopic (exact) mass is 197 g/mol. The highest BCUT2D eigenvalue weighted by atomic mass is 16.5. The molecule has 1 unspecified atom stereocenters. The zero-order valence-electron chi connectivity index (χ0n) is 8.03. The SMILES string of the molecule is NCC(c1noc(=O)[nH]1)C1CCCC1. The first-order valence-corrected chi connectivity index (χ1v) is 5.07. The van der Waals surface area contributed by atoms with Crippen LogP contribution in [0.5, 0.6) is 0 Å². The summed E-state index contributed by atoms with van der Waals surface area (Å²) in [6.45, 7) is 0.521. The van der Waals surface area contributed by atoms with Gasteiger partial charge in [0.1, 0.15) is 0 Å². The van der Waals surface area contributed by atoms with Crippen LogP contribution in [0.4, 0.5) is 0 Å². The summed E-state index contributed by atoms with van der Waals surface area (Å²) in [7, 11) is 0. The third-order valence-corrected chi connectivity index (χ3v) is 3.03. The van der Waals surface area contributed by atoms with Crippen LogP contribution in [0.25, 0.3) is 0 Å². The van der Waals surface area contributed by atoms with Gasteiger partial charge in [0.2, 0.25) is 0 Å². The number of nitrogens with two attached hydrogens (primary N) is 1. The van der Waals surface area contributed by atoms with Gasteiger partial charge in [0.05, 0.1) is 0 Å². The van der Waals surface area contributed by atoms with Crippen molar-refractivity contribution in [2.45, 2.75) is 31.6 Å². The van der Waals surface area contributed by atoms with E-state index in [4.69, 9.17) is 5.73 Å². The maximum Gasteiger partial charge on any atom is 0.438 e. The van der Waals surface area contributed by atoms with Crippen LogP contribution in [0.15, 0.2) is 9.32 Å². The molecule has 0 amide bonds. The Morgan fingerprint density at radius 1 is 1.57 bits per heavy atom. The zero-order chi connectivity index (χ0) is 9.97. The molecule has 1 aliphatic carbocycles. The number of aromatic nitrogens is 2. The van der Waals surface area contributed by atoms with Crippen LogP contribution in [-0.4, -0.2) is 16.7 Å². The van der Waals surface area contributed by atoms with Crippen LogP contribution in [-0.2, 0) is 0 Å². The van der Waals surface area contributed by atoms with Crippen LogP contribution < -0.4 is 11.5 Å². The summed E-state index contributed by atoms with van der Waals surface area (Å²) in [5.41, 5.74) is 5.69. The van der Waals surface area contributed by atoms with Gasteiger partial charge in [-0.05, 0) is 18.8 Å². The molecular formula is C9H15N3O2. The molecule has 0 bridgehead atoms. The lowest BCUT2D eigenvalue weighted by Crippen LogP contribution is -2.21. The lowest BCUT2D eigenvalue weighted by atomic mass is 9.90. The van der Waals surface area contributed by atoms with Crippen molar-refractivity contribution in [3.8, 4) is 0 Å². The standard InChI is InChI=1S/C9H15N3O2/c10-5-7(6-3-1-2-4-6)8-11-9(13)14-12-8/h6-7H,1-5,10H2,(H,11,12,13). The molecule has 1 fully saturated rings. The molecule has 1 aromatic rings. The fourth-order valence-electron chi connectivity index (χ4n) is 2.29. The summed E-state index contributed by atoms with van der Waals surface area (Å²) in [4.78, 5) is 13.4. The molecule has 1 atom stereocenters. The second-order valence-corrected chi connectivity index (χ2v) is 3.87. The Kier molecular flexibility index (Phi) is 2.67. The third-order valence-electron chi connectivity index (χ3n) is 3.03. The number of nitrogens with zero attached hydrogens (tertiary/aromatic N) is 1. The van der Waals surface area contributed by atoms with Crippen molar-refractivity contribution < 1.29 is 4.52 Å². The predicted octanol–water partition coefficient (Wildman–Crippen LogP) is 0.595. The van der Waals surface area contributed by atoms with Crippen molar-refractivity contribution >= 4 is 0 Å². The van der Waals surface area contributed by atoms with Gasteiger partial charge >= 0.3 is 5.76 Å². The molecule has 1 saturated carbocycles. The molecule has 1 heterocycles. The van der Waals surface area contributed by atoms with Gasteiger partial charge in [0, 0.05) is 12.5 Å². The molecule has 1 aromatic heterocycles. The first-order valence-electron chi connectivity index (χ1n) is 5.07. The van der Waals surface area contributed by atoms with Crippen molar-refractivity contribution in [3.05, 3.63) is 16.4 Å². The topological polar surface area (TPSA) is 84.9 Å². The van der Waals surface area contributed by atoms with Gasteiger partial charge in [-0.15, -0.1) is 0 Å². The summed E-state index contributed by atoms with van der Waals surface area (Å²) in [5.74, 6) is 0.838. The quantitative estimate of drug-likeness (QED) is 0.742. The van der Waals surface area contributed by atoms with Gasteiger partial charge < -0.3 is 5.73 Å². The van der Waals surface area contributed by atoms with Gasteiger partial charge in [0.25, 0.3) is 0 Å². The van der Waals surface area contributed by atoms with E-state index in [1.807, 2.05) is 0 Å². The third kappa shape index (κ3) is 1.72. The summed E-state index contributed by atoms with van der Waals surface area (Å²) in [6, 6.07) is 0. The van der Waals surface area contributed by atoms with Gasteiger partial charge in [-0.25, -0.2) is 4.79 Å². The van der Waals surface area contributed by atoms with E-state index in [1.165, 1.54) is 25.7 Å². The van der Waals surface area contributed by atoms with Crippen LogP contribution in [0.3, 0.4) is 0 Å². The highest BCUT2D eigenvalue weighted by Crippen LogP contribution is 2.34. The lowest BCUT2D eigenvalue weighted by molar-refractivity contribution is 0.360. The second-order valence-electron chi connectivity index (χ2n) is 3.87. The Hall–Kier alpha value is -1.10.